The van der Waals surface area contributed by atoms with Crippen LogP contribution in [0.4, 0.5) is 4.79 Å². The highest BCUT2D eigenvalue weighted by Crippen LogP contribution is 2.25. The predicted molar refractivity (Wildman–Crippen MR) is 102 cm³/mol. The zero-order valence-electron chi connectivity index (χ0n) is 15.6. The second-order valence-electron chi connectivity index (χ2n) is 7.08. The van der Waals surface area contributed by atoms with Crippen molar-refractivity contribution in [1.29, 1.82) is 0 Å². The summed E-state index contributed by atoms with van der Waals surface area (Å²) in [6.45, 7) is 4.90. The lowest BCUT2D eigenvalue weighted by atomic mass is 10.2. The zero-order chi connectivity index (χ0) is 19.2. The van der Waals surface area contributed by atoms with Gasteiger partial charge in [0.25, 0.3) is 0 Å². The molecule has 2 aromatic heterocycles. The molecule has 8 nitrogen and oxygen atoms in total. The van der Waals surface area contributed by atoms with Gasteiger partial charge in [-0.25, -0.2) is 4.79 Å². The van der Waals surface area contributed by atoms with Gasteiger partial charge in [0.2, 0.25) is 5.91 Å². The molecule has 2 heterocycles. The quantitative estimate of drug-likeness (QED) is 0.703. The van der Waals surface area contributed by atoms with E-state index < -0.39 is 6.03 Å². The minimum atomic E-state index is -0.424. The van der Waals surface area contributed by atoms with Crippen LogP contribution in [0.3, 0.4) is 0 Å². The van der Waals surface area contributed by atoms with Crippen LogP contribution in [0.25, 0.3) is 11.6 Å². The van der Waals surface area contributed by atoms with Gasteiger partial charge in [-0.3, -0.25) is 14.7 Å². The third-order valence-corrected chi connectivity index (χ3v) is 5.25. The van der Waals surface area contributed by atoms with Crippen molar-refractivity contribution in [3.05, 3.63) is 18.4 Å². The summed E-state index contributed by atoms with van der Waals surface area (Å²) < 4.78 is 7.38. The van der Waals surface area contributed by atoms with Crippen molar-refractivity contribution in [2.24, 2.45) is 5.92 Å². The molecule has 0 spiro atoms. The molecule has 3 amide bonds. The number of hydrogen-bond donors (Lipinski definition) is 2. The lowest BCUT2D eigenvalue weighted by molar-refractivity contribution is -0.117. The molecule has 0 saturated heterocycles. The second kappa shape index (κ2) is 9.07. The number of nitrogens with zero attached hydrogens (tertiary/aromatic N) is 3. The van der Waals surface area contributed by atoms with E-state index >= 15 is 0 Å². The van der Waals surface area contributed by atoms with E-state index in [1.54, 1.807) is 12.3 Å². The topological polar surface area (TPSA) is 102 Å². The number of carbonyl (C=O) groups is 2. The van der Waals surface area contributed by atoms with E-state index in [1.807, 2.05) is 10.6 Å². The summed E-state index contributed by atoms with van der Waals surface area (Å²) in [5.41, 5.74) is 0. The number of nitrogens with one attached hydrogen (secondary N) is 2. The first-order valence-electron chi connectivity index (χ1n) is 9.23. The molecule has 0 aromatic carbocycles. The first kappa shape index (κ1) is 19.5. The normalized spacial score (nSPS) is 14.6. The van der Waals surface area contributed by atoms with Gasteiger partial charge in [-0.05, 0) is 30.9 Å². The highest BCUT2D eigenvalue weighted by molar-refractivity contribution is 7.99. The number of urea groups is 1. The molecule has 1 aliphatic rings. The fourth-order valence-corrected chi connectivity index (χ4v) is 3.85. The largest absolute Gasteiger partial charge is 0.461 e. The SMILES string of the molecule is CC(C)Cn1c(SCC(=O)NC(=O)NC2CCCC2)nnc1-c1ccco1. The summed E-state index contributed by atoms with van der Waals surface area (Å²) in [5.74, 6) is 1.38. The van der Waals surface area contributed by atoms with E-state index in [9.17, 15) is 9.59 Å². The number of imide groups is 1. The average Bonchev–Trinajstić information content (AvgIpc) is 3.34. The lowest BCUT2D eigenvalue weighted by Crippen LogP contribution is -2.44. The molecule has 1 aliphatic carbocycles. The summed E-state index contributed by atoms with van der Waals surface area (Å²) in [6.07, 6.45) is 5.79. The molecule has 0 bridgehead atoms. The Morgan fingerprint density at radius 2 is 2.11 bits per heavy atom. The van der Waals surface area contributed by atoms with Crippen molar-refractivity contribution in [3.8, 4) is 11.6 Å². The predicted octanol–water partition coefficient (Wildman–Crippen LogP) is 3.05. The van der Waals surface area contributed by atoms with Gasteiger partial charge in [0.15, 0.2) is 16.7 Å². The van der Waals surface area contributed by atoms with E-state index in [1.165, 1.54) is 11.8 Å². The van der Waals surface area contributed by atoms with Crippen LogP contribution in [0.15, 0.2) is 28.0 Å². The van der Waals surface area contributed by atoms with Crippen molar-refractivity contribution in [1.82, 2.24) is 25.4 Å². The molecule has 0 atom stereocenters. The lowest BCUT2D eigenvalue weighted by Gasteiger charge is -2.13. The Labute approximate surface area is 162 Å². The Balaban J connectivity index is 1.58. The standard InChI is InChI=1S/C18H25N5O3S/c1-12(2)10-23-16(14-8-5-9-26-14)21-22-18(23)27-11-15(24)20-17(25)19-13-6-3-4-7-13/h5,8-9,12-13H,3-4,6-7,10-11H2,1-2H3,(H2,19,20,24,25). The van der Waals surface area contributed by atoms with Gasteiger partial charge in [-0.15, -0.1) is 10.2 Å². The maximum absolute atomic E-state index is 12.1. The van der Waals surface area contributed by atoms with Gasteiger partial charge in [-0.1, -0.05) is 38.5 Å². The molecule has 9 heteroatoms. The Hall–Kier alpha value is -2.29. The number of carbonyl (C=O) groups excluding carboxylic acids is 2. The molecule has 27 heavy (non-hydrogen) atoms. The molecule has 146 valence electrons. The van der Waals surface area contributed by atoms with Crippen molar-refractivity contribution < 1.29 is 14.0 Å². The van der Waals surface area contributed by atoms with Crippen LogP contribution in [-0.4, -0.2) is 38.5 Å². The zero-order valence-corrected chi connectivity index (χ0v) is 16.4. The van der Waals surface area contributed by atoms with Gasteiger partial charge in [0.1, 0.15) is 0 Å². The Bertz CT molecular complexity index is 766. The van der Waals surface area contributed by atoms with Crippen LogP contribution in [0, 0.1) is 5.92 Å². The first-order chi connectivity index (χ1) is 13.0. The highest BCUT2D eigenvalue weighted by atomic mass is 32.2. The van der Waals surface area contributed by atoms with Gasteiger partial charge < -0.3 is 9.73 Å². The Kier molecular flexibility index (Phi) is 6.54. The van der Waals surface area contributed by atoms with Crippen LogP contribution < -0.4 is 10.6 Å². The van der Waals surface area contributed by atoms with E-state index in [-0.39, 0.29) is 17.7 Å². The van der Waals surface area contributed by atoms with Gasteiger partial charge in [0.05, 0.1) is 12.0 Å². The molecule has 1 fully saturated rings. The maximum atomic E-state index is 12.1. The smallest absolute Gasteiger partial charge is 0.321 e. The number of furan rings is 1. The molecule has 0 unspecified atom stereocenters. The first-order valence-corrected chi connectivity index (χ1v) is 10.2. The molecule has 0 radical (unpaired) electrons. The van der Waals surface area contributed by atoms with E-state index in [2.05, 4.69) is 34.7 Å². The number of amides is 3. The summed E-state index contributed by atoms with van der Waals surface area (Å²) >= 11 is 1.26. The van der Waals surface area contributed by atoms with Crippen molar-refractivity contribution in [3.63, 3.8) is 0 Å². The van der Waals surface area contributed by atoms with Crippen molar-refractivity contribution >= 4 is 23.7 Å². The number of thioether (sulfide) groups is 1. The number of aromatic nitrogens is 3. The third kappa shape index (κ3) is 5.35. The highest BCUT2D eigenvalue weighted by Gasteiger charge is 2.20. The maximum Gasteiger partial charge on any atom is 0.321 e. The fraction of sp³-hybridized carbons (Fsp3) is 0.556. The molecule has 1 saturated carbocycles. The monoisotopic (exact) mass is 391 g/mol. The van der Waals surface area contributed by atoms with Crippen molar-refractivity contribution in [2.45, 2.75) is 57.3 Å². The van der Waals surface area contributed by atoms with E-state index in [4.69, 9.17) is 4.42 Å². The molecular weight excluding hydrogens is 366 g/mol. The second-order valence-corrected chi connectivity index (χ2v) is 8.02. The summed E-state index contributed by atoms with van der Waals surface area (Å²) in [6, 6.07) is 3.38. The molecule has 0 aliphatic heterocycles. The average molecular weight is 391 g/mol. The van der Waals surface area contributed by atoms with Crippen LogP contribution >= 0.6 is 11.8 Å². The fourth-order valence-electron chi connectivity index (χ4n) is 3.10. The number of rotatable bonds is 7. The van der Waals surface area contributed by atoms with Crippen LogP contribution in [-0.2, 0) is 11.3 Å². The number of hydrogen-bond acceptors (Lipinski definition) is 6. The summed E-state index contributed by atoms with van der Waals surface area (Å²) in [7, 11) is 0. The summed E-state index contributed by atoms with van der Waals surface area (Å²) in [4.78, 5) is 24.0. The van der Waals surface area contributed by atoms with Crippen LogP contribution in [0.5, 0.6) is 0 Å². The molecular formula is C18H25N5O3S. The van der Waals surface area contributed by atoms with Gasteiger partial charge >= 0.3 is 6.03 Å². The third-order valence-electron chi connectivity index (χ3n) is 4.28. The van der Waals surface area contributed by atoms with Crippen LogP contribution in [0.1, 0.15) is 39.5 Å². The summed E-state index contributed by atoms with van der Waals surface area (Å²) in [5, 5.41) is 14.3. The molecule has 2 aromatic rings. The molecule has 3 rings (SSSR count). The van der Waals surface area contributed by atoms with Crippen molar-refractivity contribution in [2.75, 3.05) is 5.75 Å². The molecule has 2 N–H and O–H groups in total. The van der Waals surface area contributed by atoms with Gasteiger partial charge in [0, 0.05) is 12.6 Å². The van der Waals surface area contributed by atoms with E-state index in [0.717, 1.165) is 25.7 Å². The Morgan fingerprint density at radius 3 is 2.78 bits per heavy atom. The van der Waals surface area contributed by atoms with Crippen LogP contribution in [0.2, 0.25) is 0 Å². The minimum Gasteiger partial charge on any atom is -0.461 e. The van der Waals surface area contributed by atoms with Gasteiger partial charge in [-0.2, -0.15) is 0 Å². The Morgan fingerprint density at radius 1 is 1.33 bits per heavy atom. The van der Waals surface area contributed by atoms with E-state index in [0.29, 0.717) is 29.2 Å². The minimum absolute atomic E-state index is 0.0898.